The molecule has 0 saturated heterocycles. The van der Waals surface area contributed by atoms with Crippen molar-refractivity contribution in [3.8, 4) is 5.75 Å². The maximum atomic E-state index is 13.3. The molecule has 0 aliphatic carbocycles. The normalized spacial score (nSPS) is 11.9. The smallest absolute Gasteiger partial charge is 0.251 e. The minimum atomic E-state index is -0.647. The van der Waals surface area contributed by atoms with Crippen LogP contribution in [-0.2, 0) is 9.59 Å². The number of hydrogen-bond acceptors (Lipinski definition) is 4. The summed E-state index contributed by atoms with van der Waals surface area (Å²) in [5.74, 6) is 0.378. The Morgan fingerprint density at radius 1 is 0.848 bits per heavy atom. The van der Waals surface area contributed by atoms with Gasteiger partial charge in [-0.2, -0.15) is 0 Å². The molecule has 0 aromatic heterocycles. The van der Waals surface area contributed by atoms with Gasteiger partial charge >= 0.3 is 0 Å². The number of amides is 2. The fourth-order valence-corrected chi connectivity index (χ4v) is 3.18. The zero-order valence-corrected chi connectivity index (χ0v) is 19.7. The van der Waals surface area contributed by atoms with E-state index in [-0.39, 0.29) is 11.8 Å². The van der Waals surface area contributed by atoms with Crippen LogP contribution in [0.4, 0.5) is 17.1 Å². The number of ether oxygens (including phenoxy) is 1. The molecule has 33 heavy (non-hydrogen) atoms. The van der Waals surface area contributed by atoms with Gasteiger partial charge in [0, 0.05) is 28.5 Å². The van der Waals surface area contributed by atoms with Gasteiger partial charge in [0.1, 0.15) is 11.8 Å². The summed E-state index contributed by atoms with van der Waals surface area (Å²) in [6.07, 6.45) is 0. The maximum absolute atomic E-state index is 13.3. The van der Waals surface area contributed by atoms with Gasteiger partial charge in [-0.3, -0.25) is 9.59 Å². The molecule has 0 bridgehead atoms. The van der Waals surface area contributed by atoms with Gasteiger partial charge < -0.3 is 20.7 Å². The second-order valence-corrected chi connectivity index (χ2v) is 8.94. The molecular formula is C27H31N3O3. The van der Waals surface area contributed by atoms with Crippen molar-refractivity contribution < 1.29 is 14.3 Å². The van der Waals surface area contributed by atoms with Crippen LogP contribution in [0.2, 0.25) is 0 Å². The van der Waals surface area contributed by atoms with Crippen molar-refractivity contribution in [3.05, 3.63) is 83.9 Å². The number of benzene rings is 3. The lowest BCUT2D eigenvalue weighted by Crippen LogP contribution is -2.28. The lowest BCUT2D eigenvalue weighted by Gasteiger charge is -2.22. The first-order valence-electron chi connectivity index (χ1n) is 10.9. The second-order valence-electron chi connectivity index (χ2n) is 8.94. The molecule has 0 aliphatic heterocycles. The van der Waals surface area contributed by atoms with Gasteiger partial charge in [0.05, 0.1) is 7.11 Å². The molecule has 172 valence electrons. The van der Waals surface area contributed by atoms with Crippen molar-refractivity contribution >= 4 is 28.9 Å². The predicted octanol–water partition coefficient (Wildman–Crippen LogP) is 5.78. The molecular weight excluding hydrogens is 414 g/mol. The Kier molecular flexibility index (Phi) is 7.38. The number of nitrogens with one attached hydrogen (secondary N) is 3. The van der Waals surface area contributed by atoms with Crippen LogP contribution in [0.5, 0.6) is 5.75 Å². The van der Waals surface area contributed by atoms with Crippen molar-refractivity contribution in [2.75, 3.05) is 23.1 Å². The van der Waals surface area contributed by atoms with Crippen LogP contribution in [0.3, 0.4) is 0 Å². The summed E-state index contributed by atoms with van der Waals surface area (Å²) in [5.41, 5.74) is 3.32. The summed E-state index contributed by atoms with van der Waals surface area (Å²) in [7, 11) is 1.59. The van der Waals surface area contributed by atoms with E-state index in [2.05, 4.69) is 16.0 Å². The molecule has 1 atom stereocenters. The highest BCUT2D eigenvalue weighted by Crippen LogP contribution is 2.27. The Hall–Kier alpha value is -3.80. The van der Waals surface area contributed by atoms with E-state index in [1.54, 1.807) is 13.2 Å². The van der Waals surface area contributed by atoms with Crippen LogP contribution < -0.4 is 20.7 Å². The lowest BCUT2D eigenvalue weighted by molar-refractivity contribution is -0.123. The molecule has 0 saturated carbocycles. The van der Waals surface area contributed by atoms with Crippen LogP contribution in [0, 0.1) is 12.3 Å². The maximum Gasteiger partial charge on any atom is 0.251 e. The third-order valence-electron chi connectivity index (χ3n) is 5.21. The van der Waals surface area contributed by atoms with E-state index in [9.17, 15) is 9.59 Å². The van der Waals surface area contributed by atoms with Crippen molar-refractivity contribution in [1.82, 2.24) is 0 Å². The molecule has 6 heteroatoms. The van der Waals surface area contributed by atoms with Crippen molar-refractivity contribution in [3.63, 3.8) is 0 Å². The van der Waals surface area contributed by atoms with Crippen molar-refractivity contribution in [1.29, 1.82) is 0 Å². The Bertz CT molecular complexity index is 1120. The first-order chi connectivity index (χ1) is 15.7. The fourth-order valence-electron chi connectivity index (χ4n) is 3.18. The van der Waals surface area contributed by atoms with E-state index in [4.69, 9.17) is 4.74 Å². The van der Waals surface area contributed by atoms with E-state index >= 15 is 0 Å². The zero-order chi connectivity index (χ0) is 24.0. The van der Waals surface area contributed by atoms with Crippen LogP contribution >= 0.6 is 0 Å². The minimum absolute atomic E-state index is 0.0712. The second kappa shape index (κ2) is 10.2. The summed E-state index contributed by atoms with van der Waals surface area (Å²) >= 11 is 0. The van der Waals surface area contributed by atoms with Crippen LogP contribution in [0.25, 0.3) is 0 Å². The molecule has 0 fully saturated rings. The van der Waals surface area contributed by atoms with E-state index < -0.39 is 11.5 Å². The monoisotopic (exact) mass is 445 g/mol. The van der Waals surface area contributed by atoms with Crippen LogP contribution in [0.15, 0.2) is 72.8 Å². The molecule has 3 rings (SSSR count). The molecule has 0 aliphatic rings. The fraction of sp³-hybridized carbons (Fsp3) is 0.259. The highest BCUT2D eigenvalue weighted by atomic mass is 16.5. The molecule has 0 heterocycles. The van der Waals surface area contributed by atoms with Gasteiger partial charge in [0.25, 0.3) is 5.91 Å². The Morgan fingerprint density at radius 2 is 1.58 bits per heavy atom. The quantitative estimate of drug-likeness (QED) is 0.431. The number of anilines is 3. The molecule has 3 aromatic rings. The standard InChI is InChI=1S/C27H31N3O3/c1-18-14-15-21(17-23(18)30-26(32)27(2,3)4)28-24(19-10-7-6-8-11-19)25(31)29-20-12-9-13-22(16-20)33-5/h6-17,24,28H,1-5H3,(H,29,31)(H,30,32). The number of carbonyl (C=O) groups excluding carboxylic acids is 2. The third kappa shape index (κ3) is 6.35. The molecule has 0 spiro atoms. The lowest BCUT2D eigenvalue weighted by atomic mass is 9.95. The summed E-state index contributed by atoms with van der Waals surface area (Å²) < 4.78 is 5.26. The van der Waals surface area contributed by atoms with Gasteiger partial charge in [-0.05, 0) is 42.3 Å². The van der Waals surface area contributed by atoms with E-state index in [0.29, 0.717) is 17.1 Å². The molecule has 1 unspecified atom stereocenters. The number of hydrogen-bond donors (Lipinski definition) is 3. The predicted molar refractivity (Wildman–Crippen MR) is 134 cm³/mol. The number of aryl methyl sites for hydroxylation is 1. The van der Waals surface area contributed by atoms with Gasteiger partial charge in [-0.15, -0.1) is 0 Å². The molecule has 3 aromatic carbocycles. The highest BCUT2D eigenvalue weighted by Gasteiger charge is 2.23. The van der Waals surface area contributed by atoms with E-state index in [1.807, 2.05) is 94.4 Å². The minimum Gasteiger partial charge on any atom is -0.497 e. The SMILES string of the molecule is COc1cccc(NC(=O)C(Nc2ccc(C)c(NC(=O)C(C)(C)C)c2)c2ccccc2)c1. The van der Waals surface area contributed by atoms with Gasteiger partial charge in [0.2, 0.25) is 5.91 Å². The highest BCUT2D eigenvalue weighted by molar-refractivity contribution is 5.98. The Labute approximate surface area is 195 Å². The topological polar surface area (TPSA) is 79.5 Å². The summed E-state index contributed by atoms with van der Waals surface area (Å²) in [6, 6.07) is 21.8. The zero-order valence-electron chi connectivity index (χ0n) is 19.7. The van der Waals surface area contributed by atoms with Crippen LogP contribution in [-0.4, -0.2) is 18.9 Å². The summed E-state index contributed by atoms with van der Waals surface area (Å²) in [4.78, 5) is 25.8. The summed E-state index contributed by atoms with van der Waals surface area (Å²) in [5, 5.41) is 9.28. The largest absolute Gasteiger partial charge is 0.497 e. The Morgan fingerprint density at radius 3 is 2.24 bits per heavy atom. The molecule has 2 amide bonds. The average Bonchev–Trinajstić information content (AvgIpc) is 2.79. The first-order valence-corrected chi connectivity index (χ1v) is 10.9. The third-order valence-corrected chi connectivity index (χ3v) is 5.21. The van der Waals surface area contributed by atoms with Crippen molar-refractivity contribution in [2.45, 2.75) is 33.7 Å². The van der Waals surface area contributed by atoms with Crippen molar-refractivity contribution in [2.24, 2.45) is 5.41 Å². The average molecular weight is 446 g/mol. The number of rotatable bonds is 7. The summed E-state index contributed by atoms with van der Waals surface area (Å²) in [6.45, 7) is 7.54. The Balaban J connectivity index is 1.87. The van der Waals surface area contributed by atoms with E-state index in [1.165, 1.54) is 0 Å². The first kappa shape index (κ1) is 23.9. The number of carbonyl (C=O) groups is 2. The van der Waals surface area contributed by atoms with Gasteiger partial charge in [-0.25, -0.2) is 0 Å². The molecule has 0 radical (unpaired) electrons. The number of methoxy groups -OCH3 is 1. The van der Waals surface area contributed by atoms with Gasteiger partial charge in [0.15, 0.2) is 0 Å². The van der Waals surface area contributed by atoms with E-state index in [0.717, 1.165) is 16.8 Å². The molecule has 6 nitrogen and oxygen atoms in total. The van der Waals surface area contributed by atoms with Crippen LogP contribution in [0.1, 0.15) is 37.9 Å². The molecule has 3 N–H and O–H groups in total. The van der Waals surface area contributed by atoms with Gasteiger partial charge in [-0.1, -0.05) is 63.2 Å².